The van der Waals surface area contributed by atoms with E-state index in [1.807, 2.05) is 6.07 Å². The molecule has 0 saturated carbocycles. The second-order valence-corrected chi connectivity index (χ2v) is 5.33. The van der Waals surface area contributed by atoms with E-state index in [1.54, 1.807) is 12.4 Å². The number of rotatable bonds is 3. The minimum absolute atomic E-state index is 0.557. The highest BCUT2D eigenvalue weighted by molar-refractivity contribution is 6.17. The van der Waals surface area contributed by atoms with Crippen LogP contribution < -0.4 is 0 Å². The Kier molecular flexibility index (Phi) is 3.45. The highest BCUT2D eigenvalue weighted by atomic mass is 35.5. The fourth-order valence-corrected chi connectivity index (χ4v) is 2.73. The van der Waals surface area contributed by atoms with Crippen LogP contribution in [0.15, 0.2) is 36.7 Å². The van der Waals surface area contributed by atoms with Gasteiger partial charge in [0.2, 0.25) is 0 Å². The van der Waals surface area contributed by atoms with Crippen LogP contribution in [-0.4, -0.2) is 20.4 Å². The summed E-state index contributed by atoms with van der Waals surface area (Å²) in [5, 5.41) is 0. The van der Waals surface area contributed by atoms with Crippen molar-refractivity contribution in [3.05, 3.63) is 53.6 Å². The Morgan fingerprint density at radius 1 is 1.20 bits per heavy atom. The van der Waals surface area contributed by atoms with Crippen molar-refractivity contribution in [3.8, 4) is 5.69 Å². The van der Waals surface area contributed by atoms with Gasteiger partial charge in [0, 0.05) is 18.5 Å². The van der Waals surface area contributed by atoms with Crippen LogP contribution in [0.1, 0.15) is 17.0 Å². The summed E-state index contributed by atoms with van der Waals surface area (Å²) >= 11 is 5.92. The molecular weight excluding hydrogens is 270 g/mol. The molecule has 0 bridgehead atoms. The van der Waals surface area contributed by atoms with Crippen LogP contribution in [0, 0.1) is 13.8 Å². The molecule has 0 aliphatic rings. The van der Waals surface area contributed by atoms with E-state index in [4.69, 9.17) is 11.6 Å². The molecule has 102 valence electrons. The van der Waals surface area contributed by atoms with Crippen LogP contribution in [0.5, 0.6) is 0 Å². The molecule has 1 aromatic carbocycles. The Hall–Kier alpha value is -1.87. The number of alkyl halides is 1. The lowest BCUT2D eigenvalue weighted by Crippen LogP contribution is -2.04. The zero-order valence-electron chi connectivity index (χ0n) is 11.6. The SMILES string of the molecule is Cc1ccc(-n2c(CCCl)nc3cnccc32)c(C)c1. The molecule has 0 atom stereocenters. The molecule has 0 radical (unpaired) electrons. The third-order valence-corrected chi connectivity index (χ3v) is 3.63. The number of benzene rings is 1. The first-order valence-corrected chi connectivity index (χ1v) is 7.19. The standard InChI is InChI=1S/C16H16ClN3/c1-11-3-4-14(12(2)9-11)20-15-6-8-18-10-13(15)19-16(20)5-7-17/h3-4,6,8-10H,5,7H2,1-2H3. The van der Waals surface area contributed by atoms with Crippen LogP contribution in [-0.2, 0) is 6.42 Å². The van der Waals surface area contributed by atoms with Crippen LogP contribution in [0.2, 0.25) is 0 Å². The lowest BCUT2D eigenvalue weighted by molar-refractivity contribution is 0.906. The Morgan fingerprint density at radius 3 is 2.80 bits per heavy atom. The number of nitrogens with zero attached hydrogens (tertiary/aromatic N) is 3. The smallest absolute Gasteiger partial charge is 0.115 e. The van der Waals surface area contributed by atoms with Crippen molar-refractivity contribution in [1.82, 2.24) is 14.5 Å². The molecule has 0 N–H and O–H groups in total. The van der Waals surface area contributed by atoms with Crippen molar-refractivity contribution in [2.45, 2.75) is 20.3 Å². The van der Waals surface area contributed by atoms with E-state index in [0.29, 0.717) is 5.88 Å². The second kappa shape index (κ2) is 5.25. The fraction of sp³-hybridized carbons (Fsp3) is 0.250. The summed E-state index contributed by atoms with van der Waals surface area (Å²) in [6.45, 7) is 4.23. The zero-order valence-corrected chi connectivity index (χ0v) is 12.4. The lowest BCUT2D eigenvalue weighted by atomic mass is 10.1. The van der Waals surface area contributed by atoms with Crippen LogP contribution in [0.25, 0.3) is 16.7 Å². The van der Waals surface area contributed by atoms with Gasteiger partial charge in [0.25, 0.3) is 0 Å². The number of halogens is 1. The van der Waals surface area contributed by atoms with Gasteiger partial charge in [-0.05, 0) is 31.5 Å². The van der Waals surface area contributed by atoms with E-state index in [2.05, 4.69) is 46.6 Å². The number of imidazole rings is 1. The molecule has 2 heterocycles. The number of pyridine rings is 1. The largest absolute Gasteiger partial charge is 0.296 e. The second-order valence-electron chi connectivity index (χ2n) is 4.96. The highest BCUT2D eigenvalue weighted by Gasteiger charge is 2.13. The average molecular weight is 286 g/mol. The van der Waals surface area contributed by atoms with Crippen molar-refractivity contribution in [2.24, 2.45) is 0 Å². The lowest BCUT2D eigenvalue weighted by Gasteiger charge is -2.12. The number of hydrogen-bond acceptors (Lipinski definition) is 2. The summed E-state index contributed by atoms with van der Waals surface area (Å²) in [7, 11) is 0. The van der Waals surface area contributed by atoms with E-state index < -0.39 is 0 Å². The third kappa shape index (κ3) is 2.18. The third-order valence-electron chi connectivity index (χ3n) is 3.44. The van der Waals surface area contributed by atoms with Gasteiger partial charge < -0.3 is 0 Å². The van der Waals surface area contributed by atoms with Gasteiger partial charge in [0.15, 0.2) is 0 Å². The first-order chi connectivity index (χ1) is 9.70. The first-order valence-electron chi connectivity index (χ1n) is 6.65. The Bertz CT molecular complexity index is 762. The van der Waals surface area contributed by atoms with E-state index >= 15 is 0 Å². The molecule has 0 aliphatic heterocycles. The van der Waals surface area contributed by atoms with E-state index in [1.165, 1.54) is 11.1 Å². The van der Waals surface area contributed by atoms with Gasteiger partial charge in [0.05, 0.1) is 17.4 Å². The minimum atomic E-state index is 0.557. The number of aryl methyl sites for hydroxylation is 3. The maximum absolute atomic E-state index is 5.92. The molecule has 0 unspecified atom stereocenters. The number of aromatic nitrogens is 3. The zero-order chi connectivity index (χ0) is 14.1. The van der Waals surface area contributed by atoms with Crippen molar-refractivity contribution in [1.29, 1.82) is 0 Å². The Labute approximate surface area is 123 Å². The maximum atomic E-state index is 5.92. The van der Waals surface area contributed by atoms with Gasteiger partial charge in [-0.1, -0.05) is 17.7 Å². The van der Waals surface area contributed by atoms with E-state index in [-0.39, 0.29) is 0 Å². The van der Waals surface area contributed by atoms with E-state index in [0.717, 1.165) is 29.0 Å². The molecule has 20 heavy (non-hydrogen) atoms. The molecule has 0 spiro atoms. The van der Waals surface area contributed by atoms with Crippen molar-refractivity contribution < 1.29 is 0 Å². The highest BCUT2D eigenvalue weighted by Crippen LogP contribution is 2.24. The molecule has 0 fully saturated rings. The molecule has 3 nitrogen and oxygen atoms in total. The quantitative estimate of drug-likeness (QED) is 0.685. The predicted octanol–water partition coefficient (Wildman–Crippen LogP) is 3.82. The topological polar surface area (TPSA) is 30.7 Å². The normalized spacial score (nSPS) is 11.2. The van der Waals surface area contributed by atoms with Gasteiger partial charge in [-0.15, -0.1) is 11.6 Å². The van der Waals surface area contributed by atoms with Gasteiger partial charge >= 0.3 is 0 Å². The van der Waals surface area contributed by atoms with Gasteiger partial charge in [-0.2, -0.15) is 0 Å². The van der Waals surface area contributed by atoms with Crippen LogP contribution in [0.4, 0.5) is 0 Å². The number of fused-ring (bicyclic) bond motifs is 1. The Morgan fingerprint density at radius 2 is 2.05 bits per heavy atom. The summed E-state index contributed by atoms with van der Waals surface area (Å²) in [6.07, 6.45) is 4.34. The van der Waals surface area contributed by atoms with Crippen molar-refractivity contribution in [2.75, 3.05) is 5.88 Å². The number of hydrogen-bond donors (Lipinski definition) is 0. The first kappa shape index (κ1) is 13.1. The maximum Gasteiger partial charge on any atom is 0.115 e. The molecule has 0 saturated heterocycles. The molecular formula is C16H16ClN3. The summed E-state index contributed by atoms with van der Waals surface area (Å²) in [4.78, 5) is 8.81. The summed E-state index contributed by atoms with van der Waals surface area (Å²) in [5.41, 5.74) is 5.64. The van der Waals surface area contributed by atoms with Crippen molar-refractivity contribution in [3.63, 3.8) is 0 Å². The molecule has 3 aromatic rings. The van der Waals surface area contributed by atoms with Crippen LogP contribution in [0.3, 0.4) is 0 Å². The van der Waals surface area contributed by atoms with Crippen LogP contribution >= 0.6 is 11.6 Å². The molecule has 2 aromatic heterocycles. The molecule has 0 amide bonds. The summed E-state index contributed by atoms with van der Waals surface area (Å²) in [6, 6.07) is 8.45. The molecule has 0 aliphatic carbocycles. The minimum Gasteiger partial charge on any atom is -0.296 e. The fourth-order valence-electron chi connectivity index (χ4n) is 2.56. The summed E-state index contributed by atoms with van der Waals surface area (Å²) < 4.78 is 2.19. The average Bonchev–Trinajstić information content (AvgIpc) is 2.78. The molecule has 4 heteroatoms. The molecule has 3 rings (SSSR count). The Balaban J connectivity index is 2.30. The predicted molar refractivity (Wildman–Crippen MR) is 82.8 cm³/mol. The summed E-state index contributed by atoms with van der Waals surface area (Å²) in [5.74, 6) is 1.54. The van der Waals surface area contributed by atoms with Gasteiger partial charge in [-0.3, -0.25) is 9.55 Å². The monoisotopic (exact) mass is 285 g/mol. The van der Waals surface area contributed by atoms with Crippen molar-refractivity contribution >= 4 is 22.6 Å². The van der Waals surface area contributed by atoms with Gasteiger partial charge in [0.1, 0.15) is 11.3 Å². The van der Waals surface area contributed by atoms with Gasteiger partial charge in [-0.25, -0.2) is 4.98 Å². The van der Waals surface area contributed by atoms with E-state index in [9.17, 15) is 0 Å².